The molecule has 0 amide bonds. The maximum absolute atomic E-state index is 11.5. The van der Waals surface area contributed by atoms with Gasteiger partial charge in [-0.3, -0.25) is 0 Å². The number of hydrogen-bond donors (Lipinski definition) is 1. The lowest BCUT2D eigenvalue weighted by Crippen LogP contribution is -2.09. The van der Waals surface area contributed by atoms with E-state index in [2.05, 4.69) is 10.3 Å². The van der Waals surface area contributed by atoms with Gasteiger partial charge >= 0.3 is 0 Å². The van der Waals surface area contributed by atoms with Crippen LogP contribution in [0.3, 0.4) is 0 Å². The Kier molecular flexibility index (Phi) is 5.71. The van der Waals surface area contributed by atoms with Crippen molar-refractivity contribution >= 4 is 27.3 Å². The van der Waals surface area contributed by atoms with E-state index in [4.69, 9.17) is 11.6 Å². The second-order valence-electron chi connectivity index (χ2n) is 3.80. The van der Waals surface area contributed by atoms with Gasteiger partial charge < -0.3 is 5.32 Å². The monoisotopic (exact) mass is 276 g/mol. The number of nitrogens with one attached hydrogen (secondary N) is 1. The highest BCUT2D eigenvalue weighted by Crippen LogP contribution is 2.17. The van der Waals surface area contributed by atoms with Gasteiger partial charge in [0.2, 0.25) is 0 Å². The molecule has 0 saturated carbocycles. The van der Waals surface area contributed by atoms with Crippen LogP contribution in [-0.4, -0.2) is 32.1 Å². The zero-order valence-electron chi connectivity index (χ0n) is 9.82. The van der Waals surface area contributed by atoms with E-state index in [0.29, 0.717) is 18.2 Å². The minimum atomic E-state index is -3.23. The number of rotatable bonds is 7. The Morgan fingerprint density at radius 1 is 1.35 bits per heavy atom. The normalized spacial score (nSPS) is 11.4. The molecular weight excluding hydrogens is 260 g/mol. The summed E-state index contributed by atoms with van der Waals surface area (Å²) >= 11 is 5.57. The fraction of sp³-hybridized carbons (Fsp3) is 0.545. The summed E-state index contributed by atoms with van der Waals surface area (Å²) in [6, 6.07) is 3.18. The molecular formula is C11H17ClN2O2S. The number of halogens is 1. The van der Waals surface area contributed by atoms with Gasteiger partial charge in [-0.1, -0.05) is 6.42 Å². The summed E-state index contributed by atoms with van der Waals surface area (Å²) < 4.78 is 23.0. The van der Waals surface area contributed by atoms with Gasteiger partial charge in [-0.05, 0) is 25.0 Å². The van der Waals surface area contributed by atoms with E-state index in [0.717, 1.165) is 19.3 Å². The predicted molar refractivity (Wildman–Crippen MR) is 70.4 cm³/mol. The zero-order chi connectivity index (χ0) is 12.7. The van der Waals surface area contributed by atoms with Gasteiger partial charge in [0, 0.05) is 24.9 Å². The first-order chi connectivity index (χ1) is 8.05. The van der Waals surface area contributed by atoms with Crippen LogP contribution in [0.2, 0.25) is 0 Å². The van der Waals surface area contributed by atoms with Crippen molar-refractivity contribution in [2.45, 2.75) is 24.2 Å². The van der Waals surface area contributed by atoms with Gasteiger partial charge in [0.1, 0.15) is 10.7 Å². The minimum Gasteiger partial charge on any atom is -0.369 e. The van der Waals surface area contributed by atoms with Crippen LogP contribution < -0.4 is 5.32 Å². The predicted octanol–water partition coefficient (Wildman–Crippen LogP) is 2.31. The summed E-state index contributed by atoms with van der Waals surface area (Å²) in [4.78, 5) is 4.29. The molecule has 6 heteroatoms. The molecule has 0 saturated heterocycles. The summed E-state index contributed by atoms with van der Waals surface area (Å²) in [6.07, 6.45) is 5.72. The summed E-state index contributed by atoms with van der Waals surface area (Å²) in [5, 5.41) is 3.05. The van der Waals surface area contributed by atoms with Crippen molar-refractivity contribution in [3.8, 4) is 0 Å². The van der Waals surface area contributed by atoms with Crippen molar-refractivity contribution in [1.29, 1.82) is 0 Å². The Morgan fingerprint density at radius 3 is 2.76 bits per heavy atom. The van der Waals surface area contributed by atoms with E-state index in [-0.39, 0.29) is 4.90 Å². The molecule has 0 fully saturated rings. The van der Waals surface area contributed by atoms with E-state index in [9.17, 15) is 8.42 Å². The van der Waals surface area contributed by atoms with Crippen LogP contribution in [-0.2, 0) is 9.84 Å². The molecule has 0 aliphatic carbocycles. The second kappa shape index (κ2) is 6.81. The van der Waals surface area contributed by atoms with Crippen molar-refractivity contribution in [3.63, 3.8) is 0 Å². The highest BCUT2D eigenvalue weighted by atomic mass is 35.5. The molecule has 96 valence electrons. The van der Waals surface area contributed by atoms with E-state index in [1.165, 1.54) is 6.26 Å². The van der Waals surface area contributed by atoms with E-state index < -0.39 is 9.84 Å². The van der Waals surface area contributed by atoms with E-state index >= 15 is 0 Å². The maximum atomic E-state index is 11.5. The van der Waals surface area contributed by atoms with Crippen molar-refractivity contribution in [1.82, 2.24) is 4.98 Å². The Balaban J connectivity index is 2.59. The molecule has 0 atom stereocenters. The van der Waals surface area contributed by atoms with Gasteiger partial charge in [-0.25, -0.2) is 13.4 Å². The quantitative estimate of drug-likeness (QED) is 0.613. The number of pyridine rings is 1. The third-order valence-electron chi connectivity index (χ3n) is 2.27. The largest absolute Gasteiger partial charge is 0.369 e. The molecule has 17 heavy (non-hydrogen) atoms. The number of hydrogen-bond acceptors (Lipinski definition) is 4. The Hall–Kier alpha value is -0.810. The molecule has 1 heterocycles. The maximum Gasteiger partial charge on any atom is 0.179 e. The summed E-state index contributed by atoms with van der Waals surface area (Å²) in [7, 11) is -3.23. The van der Waals surface area contributed by atoms with Crippen molar-refractivity contribution in [3.05, 3.63) is 18.3 Å². The lowest BCUT2D eigenvalue weighted by Gasteiger charge is -2.08. The molecule has 0 aromatic carbocycles. The van der Waals surface area contributed by atoms with E-state index in [1.54, 1.807) is 18.3 Å². The summed E-state index contributed by atoms with van der Waals surface area (Å²) in [5.74, 6) is 1.10. The van der Waals surface area contributed by atoms with E-state index in [1.807, 2.05) is 0 Å². The number of unbranched alkanes of at least 4 members (excludes halogenated alkanes) is 2. The number of sulfone groups is 1. The summed E-state index contributed by atoms with van der Waals surface area (Å²) in [6.45, 7) is 0.705. The van der Waals surface area contributed by atoms with Crippen molar-refractivity contribution in [2.24, 2.45) is 0 Å². The first-order valence-corrected chi connectivity index (χ1v) is 7.93. The molecule has 4 nitrogen and oxygen atoms in total. The molecule has 0 aliphatic heterocycles. The van der Waals surface area contributed by atoms with Crippen LogP contribution in [0.25, 0.3) is 0 Å². The highest BCUT2D eigenvalue weighted by Gasteiger charge is 2.12. The average Bonchev–Trinajstić information content (AvgIpc) is 2.28. The van der Waals surface area contributed by atoms with Gasteiger partial charge in [0.05, 0.1) is 0 Å². The lowest BCUT2D eigenvalue weighted by atomic mass is 10.2. The van der Waals surface area contributed by atoms with Crippen LogP contribution in [0.15, 0.2) is 23.2 Å². The second-order valence-corrected chi connectivity index (χ2v) is 6.16. The van der Waals surface area contributed by atoms with Gasteiger partial charge in [0.15, 0.2) is 9.84 Å². The number of alkyl halides is 1. The molecule has 1 aromatic rings. The number of anilines is 1. The third-order valence-corrected chi connectivity index (χ3v) is 3.67. The number of aromatic nitrogens is 1. The molecule has 0 spiro atoms. The zero-order valence-corrected chi connectivity index (χ0v) is 11.4. The first kappa shape index (κ1) is 14.3. The standard InChI is InChI=1S/C11H17ClN2O2S/c1-17(15,16)10-6-5-9-14-11(10)13-8-4-2-3-7-12/h5-6,9H,2-4,7-8H2,1H3,(H,13,14). The molecule has 0 radical (unpaired) electrons. The first-order valence-electron chi connectivity index (χ1n) is 5.50. The smallest absolute Gasteiger partial charge is 0.179 e. The summed E-state index contributed by atoms with van der Waals surface area (Å²) in [5.41, 5.74) is 0. The van der Waals surface area contributed by atoms with Gasteiger partial charge in [-0.2, -0.15) is 0 Å². The van der Waals surface area contributed by atoms with Crippen molar-refractivity contribution in [2.75, 3.05) is 24.0 Å². The molecule has 1 N–H and O–H groups in total. The molecule has 1 aromatic heterocycles. The van der Waals surface area contributed by atoms with Crippen LogP contribution in [0, 0.1) is 0 Å². The average molecular weight is 277 g/mol. The fourth-order valence-electron chi connectivity index (χ4n) is 1.43. The van der Waals surface area contributed by atoms with Gasteiger partial charge in [-0.15, -0.1) is 11.6 Å². The Morgan fingerprint density at radius 2 is 2.12 bits per heavy atom. The Labute approximate surface area is 107 Å². The minimum absolute atomic E-state index is 0.248. The SMILES string of the molecule is CS(=O)(=O)c1cccnc1NCCCCCCl. The lowest BCUT2D eigenvalue weighted by molar-refractivity contribution is 0.601. The van der Waals surface area contributed by atoms with Crippen LogP contribution >= 0.6 is 11.6 Å². The Bertz CT molecular complexity index is 449. The third kappa shape index (κ3) is 4.91. The van der Waals surface area contributed by atoms with Crippen LogP contribution in [0.4, 0.5) is 5.82 Å². The topological polar surface area (TPSA) is 59.1 Å². The van der Waals surface area contributed by atoms with Crippen molar-refractivity contribution < 1.29 is 8.42 Å². The molecule has 1 rings (SSSR count). The molecule has 0 aliphatic rings. The fourth-order valence-corrected chi connectivity index (χ4v) is 2.42. The number of nitrogens with zero attached hydrogens (tertiary/aromatic N) is 1. The van der Waals surface area contributed by atoms with Crippen LogP contribution in [0.5, 0.6) is 0 Å². The molecule has 0 bridgehead atoms. The van der Waals surface area contributed by atoms with Gasteiger partial charge in [0.25, 0.3) is 0 Å². The van der Waals surface area contributed by atoms with Crippen LogP contribution in [0.1, 0.15) is 19.3 Å². The highest BCUT2D eigenvalue weighted by molar-refractivity contribution is 7.90. The molecule has 0 unspecified atom stereocenters.